The molecule has 5 heteroatoms. The summed E-state index contributed by atoms with van der Waals surface area (Å²) < 4.78 is 29.8. The fourth-order valence-electron chi connectivity index (χ4n) is 2.27. The molecule has 2 unspecified atom stereocenters. The van der Waals surface area contributed by atoms with Crippen LogP contribution >= 0.6 is 0 Å². The Morgan fingerprint density at radius 1 is 1.29 bits per heavy atom. The van der Waals surface area contributed by atoms with E-state index >= 15 is 0 Å². The van der Waals surface area contributed by atoms with Gasteiger partial charge in [-0.1, -0.05) is 26.7 Å². The van der Waals surface area contributed by atoms with E-state index in [2.05, 4.69) is 12.2 Å². The Bertz CT molecular complexity index is 301. The lowest BCUT2D eigenvalue weighted by Crippen LogP contribution is -2.50. The Morgan fingerprint density at radius 3 is 2.71 bits per heavy atom. The SMILES string of the molecule is CCCCCS(=O)(=O)C1COCCC1NCC. The molecule has 0 aromatic rings. The van der Waals surface area contributed by atoms with E-state index in [1.807, 2.05) is 6.92 Å². The van der Waals surface area contributed by atoms with E-state index < -0.39 is 9.84 Å². The van der Waals surface area contributed by atoms with Crippen LogP contribution in [0.4, 0.5) is 0 Å². The summed E-state index contributed by atoms with van der Waals surface area (Å²) in [5.41, 5.74) is 0. The third-order valence-corrected chi connectivity index (χ3v) is 5.51. The molecule has 0 aromatic carbocycles. The third-order valence-electron chi connectivity index (χ3n) is 3.26. The quantitative estimate of drug-likeness (QED) is 0.705. The van der Waals surface area contributed by atoms with Crippen LogP contribution in [-0.2, 0) is 14.6 Å². The van der Waals surface area contributed by atoms with Gasteiger partial charge in [0.2, 0.25) is 0 Å². The van der Waals surface area contributed by atoms with Crippen LogP contribution in [0.25, 0.3) is 0 Å². The molecule has 1 aliphatic heterocycles. The number of nitrogens with one attached hydrogen (secondary N) is 1. The molecular formula is C12H25NO3S. The first kappa shape index (κ1) is 14.9. The second-order valence-electron chi connectivity index (χ2n) is 4.64. The predicted molar refractivity (Wildman–Crippen MR) is 70.0 cm³/mol. The number of hydrogen-bond donors (Lipinski definition) is 1. The van der Waals surface area contributed by atoms with Crippen molar-refractivity contribution in [3.8, 4) is 0 Å². The molecule has 0 aromatic heterocycles. The normalized spacial score (nSPS) is 26.0. The Balaban J connectivity index is 2.59. The third kappa shape index (κ3) is 4.56. The zero-order valence-corrected chi connectivity index (χ0v) is 11.8. The minimum absolute atomic E-state index is 0.0698. The molecule has 1 saturated heterocycles. The molecule has 4 nitrogen and oxygen atoms in total. The molecule has 0 amide bonds. The number of unbranched alkanes of at least 4 members (excludes halogenated alkanes) is 2. The topological polar surface area (TPSA) is 55.4 Å². The second kappa shape index (κ2) is 7.34. The lowest BCUT2D eigenvalue weighted by Gasteiger charge is -2.31. The van der Waals surface area contributed by atoms with Crippen LogP contribution in [0.3, 0.4) is 0 Å². The zero-order valence-electron chi connectivity index (χ0n) is 10.9. The maximum atomic E-state index is 12.2. The maximum Gasteiger partial charge on any atom is 0.156 e. The lowest BCUT2D eigenvalue weighted by molar-refractivity contribution is 0.0812. The largest absolute Gasteiger partial charge is 0.380 e. The van der Waals surface area contributed by atoms with Crippen molar-refractivity contribution in [2.45, 2.75) is 50.8 Å². The zero-order chi connectivity index (χ0) is 12.7. The van der Waals surface area contributed by atoms with E-state index in [4.69, 9.17) is 4.74 Å². The van der Waals surface area contributed by atoms with E-state index in [9.17, 15) is 8.42 Å². The number of sulfone groups is 1. The molecule has 2 atom stereocenters. The van der Waals surface area contributed by atoms with Crippen molar-refractivity contribution in [1.82, 2.24) is 5.32 Å². The molecule has 0 saturated carbocycles. The highest BCUT2D eigenvalue weighted by molar-refractivity contribution is 7.92. The molecule has 1 fully saturated rings. The number of rotatable bonds is 7. The van der Waals surface area contributed by atoms with Crippen molar-refractivity contribution in [2.75, 3.05) is 25.5 Å². The van der Waals surface area contributed by atoms with Crippen molar-refractivity contribution in [1.29, 1.82) is 0 Å². The summed E-state index contributed by atoms with van der Waals surface area (Å²) in [6.07, 6.45) is 3.60. The fraction of sp³-hybridized carbons (Fsp3) is 1.00. The van der Waals surface area contributed by atoms with Crippen LogP contribution in [-0.4, -0.2) is 45.2 Å². The first-order valence-corrected chi connectivity index (χ1v) is 8.36. The summed E-state index contributed by atoms with van der Waals surface area (Å²) in [5.74, 6) is 0.302. The van der Waals surface area contributed by atoms with Crippen molar-refractivity contribution >= 4 is 9.84 Å². The molecule has 0 spiro atoms. The average Bonchev–Trinajstić information content (AvgIpc) is 2.30. The van der Waals surface area contributed by atoms with Crippen LogP contribution in [0.2, 0.25) is 0 Å². The van der Waals surface area contributed by atoms with E-state index in [-0.39, 0.29) is 11.3 Å². The Kier molecular flexibility index (Phi) is 6.44. The number of hydrogen-bond acceptors (Lipinski definition) is 4. The monoisotopic (exact) mass is 263 g/mol. The van der Waals surface area contributed by atoms with Gasteiger partial charge in [0, 0.05) is 12.6 Å². The van der Waals surface area contributed by atoms with Crippen molar-refractivity contribution in [2.24, 2.45) is 0 Å². The van der Waals surface area contributed by atoms with Gasteiger partial charge in [-0.05, 0) is 19.4 Å². The lowest BCUT2D eigenvalue weighted by atomic mass is 10.1. The molecule has 1 rings (SSSR count). The molecule has 0 radical (unpaired) electrons. The second-order valence-corrected chi connectivity index (χ2v) is 6.98. The van der Waals surface area contributed by atoms with Crippen LogP contribution in [0.15, 0.2) is 0 Å². The molecule has 17 heavy (non-hydrogen) atoms. The van der Waals surface area contributed by atoms with Gasteiger partial charge in [0.1, 0.15) is 0 Å². The summed E-state index contributed by atoms with van der Waals surface area (Å²) in [6.45, 7) is 5.92. The predicted octanol–water partition coefficient (Wildman–Crippen LogP) is 1.36. The number of ether oxygens (including phenoxy) is 1. The first-order chi connectivity index (χ1) is 8.11. The minimum atomic E-state index is -3.01. The Labute approximate surface area is 105 Å². The Morgan fingerprint density at radius 2 is 2.06 bits per heavy atom. The summed E-state index contributed by atoms with van der Waals surface area (Å²) in [6, 6.07) is 0.0698. The van der Waals surface area contributed by atoms with Crippen LogP contribution in [0.1, 0.15) is 39.5 Å². The van der Waals surface area contributed by atoms with Gasteiger partial charge in [-0.25, -0.2) is 8.42 Å². The van der Waals surface area contributed by atoms with Gasteiger partial charge in [0.05, 0.1) is 17.6 Å². The van der Waals surface area contributed by atoms with Gasteiger partial charge in [0.15, 0.2) is 9.84 Å². The standard InChI is InChI=1S/C12H25NO3S/c1-3-5-6-9-17(14,15)12-10-16-8-7-11(12)13-4-2/h11-13H,3-10H2,1-2H3. The van der Waals surface area contributed by atoms with Gasteiger partial charge < -0.3 is 10.1 Å². The first-order valence-electron chi connectivity index (χ1n) is 6.64. The van der Waals surface area contributed by atoms with E-state index in [0.717, 1.165) is 32.2 Å². The Hall–Kier alpha value is -0.130. The fourth-order valence-corrected chi connectivity index (χ4v) is 4.21. The molecule has 1 N–H and O–H groups in total. The van der Waals surface area contributed by atoms with Crippen molar-refractivity contribution < 1.29 is 13.2 Å². The van der Waals surface area contributed by atoms with Gasteiger partial charge in [0.25, 0.3) is 0 Å². The van der Waals surface area contributed by atoms with E-state index in [0.29, 0.717) is 19.0 Å². The highest BCUT2D eigenvalue weighted by Crippen LogP contribution is 2.18. The van der Waals surface area contributed by atoms with Crippen LogP contribution in [0, 0.1) is 0 Å². The maximum absolute atomic E-state index is 12.2. The highest BCUT2D eigenvalue weighted by atomic mass is 32.2. The molecule has 1 heterocycles. The van der Waals surface area contributed by atoms with Gasteiger partial charge >= 0.3 is 0 Å². The van der Waals surface area contributed by atoms with Crippen LogP contribution < -0.4 is 5.32 Å². The summed E-state index contributed by atoms with van der Waals surface area (Å²) in [7, 11) is -3.01. The van der Waals surface area contributed by atoms with Gasteiger partial charge in [-0.2, -0.15) is 0 Å². The van der Waals surface area contributed by atoms with E-state index in [1.54, 1.807) is 0 Å². The summed E-state index contributed by atoms with van der Waals surface area (Å²) >= 11 is 0. The molecule has 0 bridgehead atoms. The summed E-state index contributed by atoms with van der Waals surface area (Å²) in [5, 5.41) is 2.92. The molecule has 1 aliphatic rings. The van der Waals surface area contributed by atoms with Crippen molar-refractivity contribution in [3.05, 3.63) is 0 Å². The van der Waals surface area contributed by atoms with Crippen LogP contribution in [0.5, 0.6) is 0 Å². The van der Waals surface area contributed by atoms with E-state index in [1.165, 1.54) is 0 Å². The molecule has 102 valence electrons. The summed E-state index contributed by atoms with van der Waals surface area (Å²) in [4.78, 5) is 0. The van der Waals surface area contributed by atoms with Crippen molar-refractivity contribution in [3.63, 3.8) is 0 Å². The van der Waals surface area contributed by atoms with Gasteiger partial charge in [-0.15, -0.1) is 0 Å². The smallest absolute Gasteiger partial charge is 0.156 e. The molecular weight excluding hydrogens is 238 g/mol. The average molecular weight is 263 g/mol. The highest BCUT2D eigenvalue weighted by Gasteiger charge is 2.35. The minimum Gasteiger partial charge on any atom is -0.380 e. The molecule has 0 aliphatic carbocycles. The van der Waals surface area contributed by atoms with Gasteiger partial charge in [-0.3, -0.25) is 0 Å².